The number of rotatable bonds is 4. The maximum atomic E-state index is 13.3. The number of aromatic nitrogens is 1. The number of methoxy groups -OCH3 is 1. The van der Waals surface area contributed by atoms with Crippen LogP contribution in [0.2, 0.25) is 5.02 Å². The Morgan fingerprint density at radius 3 is 2.61 bits per heavy atom. The van der Waals surface area contributed by atoms with Crippen molar-refractivity contribution in [3.05, 3.63) is 82.6 Å². The van der Waals surface area contributed by atoms with Gasteiger partial charge in [0, 0.05) is 22.6 Å². The highest BCUT2D eigenvalue weighted by molar-refractivity contribution is 7.80. The lowest BCUT2D eigenvalue weighted by Crippen LogP contribution is -2.54. The van der Waals surface area contributed by atoms with Crippen molar-refractivity contribution in [3.63, 3.8) is 0 Å². The number of nitrogens with zero attached hydrogens (tertiary/aromatic N) is 2. The summed E-state index contributed by atoms with van der Waals surface area (Å²) in [5, 5.41) is 3.22. The number of nitrogens with one attached hydrogen (secondary N) is 1. The summed E-state index contributed by atoms with van der Waals surface area (Å²) in [6.07, 6.45) is 3.37. The molecule has 3 aromatic rings. The van der Waals surface area contributed by atoms with Gasteiger partial charge in [-0.05, 0) is 67.2 Å². The number of aryl methyl sites for hydroxylation is 1. The normalized spacial score (nSPS) is 15.4. The Morgan fingerprint density at radius 1 is 1.10 bits per heavy atom. The lowest BCUT2D eigenvalue weighted by molar-refractivity contribution is -0.122. The third-order valence-electron chi connectivity index (χ3n) is 4.93. The van der Waals surface area contributed by atoms with Crippen LogP contribution in [0.15, 0.2) is 66.4 Å². The molecule has 0 unspecified atom stereocenters. The monoisotopic (exact) mass is 451 g/mol. The van der Waals surface area contributed by atoms with Crippen molar-refractivity contribution in [1.29, 1.82) is 0 Å². The molecule has 1 aromatic heterocycles. The van der Waals surface area contributed by atoms with Gasteiger partial charge in [-0.15, -0.1) is 0 Å². The first-order chi connectivity index (χ1) is 14.9. The second-order valence-electron chi connectivity index (χ2n) is 6.87. The first-order valence-corrected chi connectivity index (χ1v) is 10.2. The fourth-order valence-electron chi connectivity index (χ4n) is 3.32. The number of carbonyl (C=O) groups excluding carboxylic acids is 2. The van der Waals surface area contributed by atoms with Gasteiger partial charge in [-0.1, -0.05) is 29.8 Å². The van der Waals surface area contributed by atoms with Crippen LogP contribution >= 0.6 is 23.8 Å². The quantitative estimate of drug-likeness (QED) is 0.365. The van der Waals surface area contributed by atoms with Crippen LogP contribution < -0.4 is 15.0 Å². The third kappa shape index (κ3) is 3.85. The topological polar surface area (TPSA) is 63.6 Å². The van der Waals surface area contributed by atoms with Crippen LogP contribution in [0, 0.1) is 6.92 Å². The van der Waals surface area contributed by atoms with Crippen molar-refractivity contribution in [1.82, 2.24) is 9.88 Å². The van der Waals surface area contributed by atoms with Crippen LogP contribution in [-0.2, 0) is 9.59 Å². The third-order valence-corrected chi connectivity index (χ3v) is 5.63. The van der Waals surface area contributed by atoms with Crippen molar-refractivity contribution in [2.24, 2.45) is 0 Å². The molecule has 2 aromatic carbocycles. The Labute approximate surface area is 189 Å². The molecular weight excluding hydrogens is 434 g/mol. The predicted octanol–water partition coefficient (Wildman–Crippen LogP) is 4.28. The summed E-state index contributed by atoms with van der Waals surface area (Å²) >= 11 is 11.5. The van der Waals surface area contributed by atoms with Crippen LogP contribution in [0.4, 0.5) is 5.69 Å². The fourth-order valence-corrected chi connectivity index (χ4v) is 3.77. The van der Waals surface area contributed by atoms with E-state index in [0.29, 0.717) is 22.2 Å². The number of hydrogen-bond acceptors (Lipinski definition) is 4. The van der Waals surface area contributed by atoms with E-state index in [1.165, 1.54) is 18.1 Å². The molecule has 6 nitrogen and oxygen atoms in total. The fraction of sp³-hybridized carbons (Fsp3) is 0.0870. The molecule has 4 rings (SSSR count). The van der Waals surface area contributed by atoms with E-state index < -0.39 is 11.8 Å². The molecule has 31 heavy (non-hydrogen) atoms. The largest absolute Gasteiger partial charge is 0.495 e. The Morgan fingerprint density at radius 2 is 1.87 bits per heavy atom. The van der Waals surface area contributed by atoms with Crippen molar-refractivity contribution < 1.29 is 14.3 Å². The average Bonchev–Trinajstić information content (AvgIpc) is 3.21. The molecule has 0 bridgehead atoms. The van der Waals surface area contributed by atoms with Crippen LogP contribution in [0.5, 0.6) is 5.75 Å². The number of hydrogen-bond donors (Lipinski definition) is 1. The summed E-state index contributed by atoms with van der Waals surface area (Å²) < 4.78 is 7.21. The summed E-state index contributed by atoms with van der Waals surface area (Å²) in [4.78, 5) is 27.2. The van der Waals surface area contributed by atoms with Crippen LogP contribution in [0.1, 0.15) is 11.3 Å². The van der Waals surface area contributed by atoms with Crippen molar-refractivity contribution >= 4 is 52.5 Å². The average molecular weight is 452 g/mol. The Kier molecular flexibility index (Phi) is 5.63. The summed E-state index contributed by atoms with van der Waals surface area (Å²) in [5.74, 6) is -0.629. The van der Waals surface area contributed by atoms with E-state index in [1.807, 2.05) is 48.0 Å². The molecule has 2 amide bonds. The van der Waals surface area contributed by atoms with Gasteiger partial charge in [0.15, 0.2) is 5.11 Å². The van der Waals surface area contributed by atoms with E-state index in [0.717, 1.165) is 11.3 Å². The highest BCUT2D eigenvalue weighted by Crippen LogP contribution is 2.31. The van der Waals surface area contributed by atoms with Gasteiger partial charge in [-0.2, -0.15) is 0 Å². The molecule has 0 aliphatic carbocycles. The van der Waals surface area contributed by atoms with Crippen molar-refractivity contribution in [2.75, 3.05) is 12.0 Å². The highest BCUT2D eigenvalue weighted by Gasteiger charge is 2.36. The van der Waals surface area contributed by atoms with E-state index in [2.05, 4.69) is 5.32 Å². The van der Waals surface area contributed by atoms with Crippen LogP contribution in [0.3, 0.4) is 0 Å². The molecule has 156 valence electrons. The lowest BCUT2D eigenvalue weighted by atomic mass is 10.1. The number of carbonyl (C=O) groups is 2. The number of amides is 2. The molecule has 0 saturated carbocycles. The van der Waals surface area contributed by atoms with Gasteiger partial charge >= 0.3 is 0 Å². The van der Waals surface area contributed by atoms with Gasteiger partial charge in [-0.3, -0.25) is 14.9 Å². The molecule has 1 aliphatic heterocycles. The summed E-state index contributed by atoms with van der Waals surface area (Å²) in [6, 6.07) is 16.3. The SMILES string of the molecule is COc1ccccc1N1C(=O)/C(=C/c2cccn2-c2ccc(C)c(Cl)c2)C(=O)NC1=S. The maximum absolute atomic E-state index is 13.3. The van der Waals surface area contributed by atoms with E-state index in [9.17, 15) is 9.59 Å². The van der Waals surface area contributed by atoms with E-state index in [4.69, 9.17) is 28.6 Å². The smallest absolute Gasteiger partial charge is 0.270 e. The lowest BCUT2D eigenvalue weighted by Gasteiger charge is -2.29. The number of thiocarbonyl (C=S) groups is 1. The molecule has 0 spiro atoms. The standard InChI is InChI=1S/C23H18ClN3O3S/c1-14-9-10-16(13-18(14)24)26-11-5-6-15(26)12-17-21(28)25-23(31)27(22(17)29)19-7-3-4-8-20(19)30-2/h3-13H,1-2H3,(H,25,28,31)/b17-12+. The molecule has 1 fully saturated rings. The molecule has 8 heteroatoms. The van der Waals surface area contributed by atoms with Gasteiger partial charge in [-0.25, -0.2) is 4.90 Å². The van der Waals surface area contributed by atoms with Crippen molar-refractivity contribution in [2.45, 2.75) is 6.92 Å². The number of halogens is 1. The molecule has 0 atom stereocenters. The van der Waals surface area contributed by atoms with Gasteiger partial charge in [0.05, 0.1) is 12.8 Å². The van der Waals surface area contributed by atoms with Crippen molar-refractivity contribution in [3.8, 4) is 11.4 Å². The first kappa shape index (κ1) is 20.8. The molecule has 1 saturated heterocycles. The Bertz CT molecular complexity index is 1250. The number of benzene rings is 2. The van der Waals surface area contributed by atoms with Gasteiger partial charge in [0.1, 0.15) is 11.3 Å². The Balaban J connectivity index is 1.77. The van der Waals surface area contributed by atoms with Crippen LogP contribution in [0.25, 0.3) is 11.8 Å². The molecule has 1 aliphatic rings. The zero-order valence-corrected chi connectivity index (χ0v) is 18.3. The minimum Gasteiger partial charge on any atom is -0.495 e. The zero-order valence-electron chi connectivity index (χ0n) is 16.8. The second kappa shape index (κ2) is 8.37. The zero-order chi connectivity index (χ0) is 22.1. The molecular formula is C23H18ClN3O3S. The number of para-hydroxylation sites is 2. The van der Waals surface area contributed by atoms with Gasteiger partial charge < -0.3 is 9.30 Å². The van der Waals surface area contributed by atoms with Gasteiger partial charge in [0.2, 0.25) is 0 Å². The van der Waals surface area contributed by atoms with Gasteiger partial charge in [0.25, 0.3) is 11.8 Å². The predicted molar refractivity (Wildman–Crippen MR) is 125 cm³/mol. The first-order valence-electron chi connectivity index (χ1n) is 9.39. The highest BCUT2D eigenvalue weighted by atomic mass is 35.5. The Hall–Kier alpha value is -3.42. The minimum atomic E-state index is -0.559. The number of anilines is 1. The summed E-state index contributed by atoms with van der Waals surface area (Å²) in [7, 11) is 1.51. The molecule has 1 N–H and O–H groups in total. The minimum absolute atomic E-state index is 0.00245. The molecule has 0 radical (unpaired) electrons. The molecule has 2 heterocycles. The maximum Gasteiger partial charge on any atom is 0.270 e. The van der Waals surface area contributed by atoms with E-state index in [-0.39, 0.29) is 10.7 Å². The summed E-state index contributed by atoms with van der Waals surface area (Å²) in [5.41, 5.74) is 2.82. The van der Waals surface area contributed by atoms with E-state index in [1.54, 1.807) is 24.3 Å². The van der Waals surface area contributed by atoms with Crippen LogP contribution in [-0.4, -0.2) is 28.6 Å². The second-order valence-corrected chi connectivity index (χ2v) is 7.66. The van der Waals surface area contributed by atoms with E-state index >= 15 is 0 Å². The summed E-state index contributed by atoms with van der Waals surface area (Å²) in [6.45, 7) is 1.92. The number of ether oxygens (including phenoxy) is 1.